The van der Waals surface area contributed by atoms with E-state index in [4.69, 9.17) is 9.47 Å². The lowest BCUT2D eigenvalue weighted by atomic mass is 10.0. The highest BCUT2D eigenvalue weighted by molar-refractivity contribution is 7.07. The van der Waals surface area contributed by atoms with Crippen molar-refractivity contribution in [2.75, 3.05) is 6.61 Å². The maximum absolute atomic E-state index is 11.8. The van der Waals surface area contributed by atoms with Crippen molar-refractivity contribution in [3.8, 4) is 5.75 Å². The zero-order chi connectivity index (χ0) is 17.8. The molecule has 1 aromatic heterocycles. The molecule has 0 bridgehead atoms. The van der Waals surface area contributed by atoms with Crippen LogP contribution in [0.3, 0.4) is 0 Å². The van der Waals surface area contributed by atoms with E-state index < -0.39 is 12.2 Å². The van der Waals surface area contributed by atoms with Crippen LogP contribution >= 0.6 is 11.3 Å². The summed E-state index contributed by atoms with van der Waals surface area (Å²) >= 11 is 1.46. The summed E-state index contributed by atoms with van der Waals surface area (Å²) in [5.41, 5.74) is 3.73. The summed E-state index contributed by atoms with van der Waals surface area (Å²) < 4.78 is 10.2. The van der Waals surface area contributed by atoms with Gasteiger partial charge >= 0.3 is 6.16 Å². The fraction of sp³-hybridized carbons (Fsp3) is 0.235. The monoisotopic (exact) mass is 359 g/mol. The van der Waals surface area contributed by atoms with Gasteiger partial charge in [-0.15, -0.1) is 11.3 Å². The molecular formula is C17H17N3O4S. The molecule has 2 heterocycles. The molecule has 7 nitrogen and oxygen atoms in total. The standard InChI is InChI=1S/C17H17N3O4S/c1-3-23-17(22)24-15-10(2)19-16(13-8-25-9-18-13)20-14(15)11-5-4-6-12(21)7-11/h4-9,14,21H,3H2,1-2H3,(H,19,20). The molecule has 0 aliphatic carbocycles. The number of carbonyl (C=O) groups excluding carboxylic acids is 1. The number of carbonyl (C=O) groups is 1. The molecule has 1 aromatic carbocycles. The highest BCUT2D eigenvalue weighted by Gasteiger charge is 2.29. The number of amidine groups is 1. The van der Waals surface area contributed by atoms with Crippen LogP contribution in [-0.4, -0.2) is 28.7 Å². The molecule has 1 aliphatic rings. The van der Waals surface area contributed by atoms with Crippen molar-refractivity contribution in [3.63, 3.8) is 0 Å². The number of hydrogen-bond donors (Lipinski definition) is 2. The maximum Gasteiger partial charge on any atom is 0.513 e. The van der Waals surface area contributed by atoms with Gasteiger partial charge in [0.25, 0.3) is 0 Å². The third-order valence-corrected chi connectivity index (χ3v) is 4.08. The number of thiazole rings is 1. The number of aliphatic imine (C=N–C) groups is 1. The summed E-state index contributed by atoms with van der Waals surface area (Å²) in [5, 5.41) is 14.8. The first kappa shape index (κ1) is 17.0. The van der Waals surface area contributed by atoms with Gasteiger partial charge < -0.3 is 19.9 Å². The number of nitrogens with one attached hydrogen (secondary N) is 1. The second-order valence-corrected chi connectivity index (χ2v) is 5.97. The molecule has 0 radical (unpaired) electrons. The number of aromatic hydroxyl groups is 1. The molecule has 1 atom stereocenters. The number of ether oxygens (including phenoxy) is 2. The number of aromatic nitrogens is 1. The topological polar surface area (TPSA) is 93.0 Å². The zero-order valence-electron chi connectivity index (χ0n) is 13.7. The predicted octanol–water partition coefficient (Wildman–Crippen LogP) is 3.34. The van der Waals surface area contributed by atoms with Gasteiger partial charge in [0.15, 0.2) is 11.6 Å². The molecule has 0 spiro atoms. The first-order valence-corrected chi connectivity index (χ1v) is 8.60. The number of nitrogens with zero attached hydrogens (tertiary/aromatic N) is 2. The van der Waals surface area contributed by atoms with Crippen LogP contribution < -0.4 is 5.32 Å². The Morgan fingerprint density at radius 2 is 2.28 bits per heavy atom. The van der Waals surface area contributed by atoms with Crippen LogP contribution in [0.15, 0.2) is 51.6 Å². The minimum absolute atomic E-state index is 0.106. The largest absolute Gasteiger partial charge is 0.513 e. The Bertz CT molecular complexity index is 830. The SMILES string of the molecule is CCOC(=O)OC1=C(C)NC(c2cscn2)=NC1c1cccc(O)c1. The lowest BCUT2D eigenvalue weighted by molar-refractivity contribution is 0.0763. The third kappa shape index (κ3) is 3.80. The Morgan fingerprint density at radius 1 is 1.44 bits per heavy atom. The number of rotatable bonds is 4. The van der Waals surface area contributed by atoms with Gasteiger partial charge in [0, 0.05) is 5.38 Å². The Morgan fingerprint density at radius 3 is 2.96 bits per heavy atom. The van der Waals surface area contributed by atoms with Crippen LogP contribution in [-0.2, 0) is 9.47 Å². The highest BCUT2D eigenvalue weighted by atomic mass is 32.1. The first-order chi connectivity index (χ1) is 12.1. The van der Waals surface area contributed by atoms with E-state index in [2.05, 4.69) is 15.3 Å². The summed E-state index contributed by atoms with van der Waals surface area (Å²) in [6, 6.07) is 6.06. The number of phenolic OH excluding ortho intramolecular Hbond substituents is 1. The second kappa shape index (κ2) is 7.35. The van der Waals surface area contributed by atoms with Crippen LogP contribution in [0, 0.1) is 0 Å². The number of hydrogen-bond acceptors (Lipinski definition) is 8. The van der Waals surface area contributed by atoms with E-state index in [1.165, 1.54) is 11.3 Å². The van der Waals surface area contributed by atoms with Gasteiger partial charge in [0.1, 0.15) is 17.5 Å². The molecule has 0 saturated carbocycles. The van der Waals surface area contributed by atoms with Crippen LogP contribution in [0.5, 0.6) is 5.75 Å². The minimum atomic E-state index is -0.795. The summed E-state index contributed by atoms with van der Waals surface area (Å²) in [6.45, 7) is 3.70. The minimum Gasteiger partial charge on any atom is -0.508 e. The Hall–Kier alpha value is -2.87. The van der Waals surface area contributed by atoms with E-state index in [0.717, 1.165) is 0 Å². The smallest absolute Gasteiger partial charge is 0.508 e. The van der Waals surface area contributed by atoms with E-state index in [1.54, 1.807) is 43.6 Å². The van der Waals surface area contributed by atoms with Crippen molar-refractivity contribution >= 4 is 23.3 Å². The number of allylic oxidation sites excluding steroid dienone is 1. The van der Waals surface area contributed by atoms with Crippen molar-refractivity contribution in [2.45, 2.75) is 19.9 Å². The van der Waals surface area contributed by atoms with Crippen molar-refractivity contribution in [1.82, 2.24) is 10.3 Å². The summed E-state index contributed by atoms with van der Waals surface area (Å²) in [6.07, 6.45) is -0.795. The average molecular weight is 359 g/mol. The lowest BCUT2D eigenvalue weighted by Gasteiger charge is -2.25. The van der Waals surface area contributed by atoms with Gasteiger partial charge in [-0.2, -0.15) is 0 Å². The quantitative estimate of drug-likeness (QED) is 0.813. The fourth-order valence-corrected chi connectivity index (χ4v) is 2.95. The van der Waals surface area contributed by atoms with Gasteiger partial charge in [0.2, 0.25) is 0 Å². The Labute approximate surface area is 148 Å². The van der Waals surface area contributed by atoms with Crippen LogP contribution in [0.25, 0.3) is 0 Å². The number of benzene rings is 1. The van der Waals surface area contributed by atoms with Crippen molar-refractivity contribution in [3.05, 3.63) is 57.9 Å². The van der Waals surface area contributed by atoms with Crippen LogP contribution in [0.1, 0.15) is 31.1 Å². The first-order valence-electron chi connectivity index (χ1n) is 7.66. The van der Waals surface area contributed by atoms with E-state index in [9.17, 15) is 9.90 Å². The molecule has 1 unspecified atom stereocenters. The van der Waals surface area contributed by atoms with Crippen LogP contribution in [0.2, 0.25) is 0 Å². The molecule has 25 heavy (non-hydrogen) atoms. The summed E-state index contributed by atoms with van der Waals surface area (Å²) in [7, 11) is 0. The predicted molar refractivity (Wildman–Crippen MR) is 93.4 cm³/mol. The fourth-order valence-electron chi connectivity index (χ4n) is 2.41. The number of phenols is 1. The molecule has 2 aromatic rings. The molecule has 8 heteroatoms. The summed E-state index contributed by atoms with van der Waals surface area (Å²) in [5.74, 6) is 1.00. The van der Waals surface area contributed by atoms with Gasteiger partial charge in [-0.1, -0.05) is 12.1 Å². The molecular weight excluding hydrogens is 342 g/mol. The molecule has 2 N–H and O–H groups in total. The summed E-state index contributed by atoms with van der Waals surface area (Å²) in [4.78, 5) is 20.7. The van der Waals surface area contributed by atoms with Gasteiger partial charge in [0.05, 0.1) is 17.8 Å². The molecule has 0 fully saturated rings. The molecule has 130 valence electrons. The van der Waals surface area contributed by atoms with E-state index in [0.29, 0.717) is 28.5 Å². The zero-order valence-corrected chi connectivity index (χ0v) is 14.5. The van der Waals surface area contributed by atoms with Crippen molar-refractivity contribution in [2.24, 2.45) is 4.99 Å². The van der Waals surface area contributed by atoms with Gasteiger partial charge in [-0.05, 0) is 31.5 Å². The maximum atomic E-state index is 11.8. The lowest BCUT2D eigenvalue weighted by Crippen LogP contribution is -2.31. The highest BCUT2D eigenvalue weighted by Crippen LogP contribution is 2.33. The van der Waals surface area contributed by atoms with E-state index in [-0.39, 0.29) is 12.4 Å². The molecule has 0 saturated heterocycles. The van der Waals surface area contributed by atoms with Gasteiger partial charge in [-0.25, -0.2) is 14.8 Å². The third-order valence-electron chi connectivity index (χ3n) is 3.50. The Balaban J connectivity index is 2.00. The van der Waals surface area contributed by atoms with Crippen molar-refractivity contribution < 1.29 is 19.4 Å². The second-order valence-electron chi connectivity index (χ2n) is 5.25. The average Bonchev–Trinajstić information content (AvgIpc) is 3.11. The normalized spacial score (nSPS) is 16.9. The van der Waals surface area contributed by atoms with Crippen LogP contribution in [0.4, 0.5) is 4.79 Å². The van der Waals surface area contributed by atoms with E-state index in [1.807, 2.05) is 5.38 Å². The molecule has 3 rings (SSSR count). The van der Waals surface area contributed by atoms with Crippen molar-refractivity contribution in [1.29, 1.82) is 0 Å². The molecule has 1 aliphatic heterocycles. The van der Waals surface area contributed by atoms with E-state index >= 15 is 0 Å². The Kier molecular flexibility index (Phi) is 4.99. The van der Waals surface area contributed by atoms with Gasteiger partial charge in [-0.3, -0.25) is 0 Å². The molecule has 0 amide bonds.